The number of allylic oxidation sites excluding steroid dienone is 1. The zero-order valence-electron chi connectivity index (χ0n) is 43.8. The fourth-order valence-electron chi connectivity index (χ4n) is 4.51. The van der Waals surface area contributed by atoms with Crippen molar-refractivity contribution >= 4 is 47.0 Å². The molecule has 0 saturated heterocycles. The molecule has 0 fully saturated rings. The topological polar surface area (TPSA) is 165 Å². The second-order valence-corrected chi connectivity index (χ2v) is 21.5. The van der Waals surface area contributed by atoms with Gasteiger partial charge in [0.1, 0.15) is 5.76 Å². The van der Waals surface area contributed by atoms with Crippen LogP contribution in [0.4, 0.5) is 0 Å². The molecule has 1 aliphatic rings. The second-order valence-electron chi connectivity index (χ2n) is 18.2. The van der Waals surface area contributed by atoms with E-state index in [1.54, 1.807) is 61.5 Å². The molecular weight excluding hydrogens is 1020 g/mol. The number of hydrogen-bond acceptors (Lipinski definition) is 16. The van der Waals surface area contributed by atoms with E-state index < -0.39 is 0 Å². The fraction of sp³-hybridized carbons (Fsp3) is 0.392. The molecule has 0 aliphatic carbocycles. The zero-order valence-corrected chi connectivity index (χ0v) is 55.6. The van der Waals surface area contributed by atoms with Crippen LogP contribution in [0.1, 0.15) is 129 Å². The van der Waals surface area contributed by atoms with Crippen LogP contribution in [0.15, 0.2) is 122 Å². The first kappa shape index (κ1) is 69.2. The molecule has 2 aromatic carbocycles. The largest absolute Gasteiger partial charge is 1.00 e. The van der Waals surface area contributed by atoms with Crippen LogP contribution in [0.25, 0.3) is 0 Å². The van der Waals surface area contributed by atoms with Crippen molar-refractivity contribution < 1.29 is 186 Å². The summed E-state index contributed by atoms with van der Waals surface area (Å²) in [7, 11) is 3.01. The third-order valence-corrected chi connectivity index (χ3v) is 11.1. The number of thioether (sulfide) groups is 1. The third-order valence-electron chi connectivity index (χ3n) is 8.36. The summed E-state index contributed by atoms with van der Waals surface area (Å²) in [5.41, 5.74) is 0.764. The van der Waals surface area contributed by atoms with Crippen LogP contribution in [0, 0.1) is 30.0 Å². The van der Waals surface area contributed by atoms with Gasteiger partial charge in [0.15, 0.2) is 0 Å². The molecule has 0 spiro atoms. The summed E-state index contributed by atoms with van der Waals surface area (Å²) in [6.07, 6.45) is 16.9. The number of esters is 1. The molecule has 360 valence electrons. The number of rotatable bonds is 7. The number of ether oxygens (including phenoxy) is 2. The Bertz CT molecular complexity index is 2350. The number of aromatic nitrogens is 5. The Kier molecular flexibility index (Phi) is 35.0. The third kappa shape index (κ3) is 28.2. The maximum Gasteiger partial charge on any atom is 1.00 e. The van der Waals surface area contributed by atoms with Crippen molar-refractivity contribution in [2.75, 3.05) is 14.2 Å². The van der Waals surface area contributed by atoms with Gasteiger partial charge in [0, 0.05) is 11.2 Å². The first-order valence-electron chi connectivity index (χ1n) is 21.0. The maximum absolute atomic E-state index is 11.3. The van der Waals surface area contributed by atoms with Gasteiger partial charge in [0.25, 0.3) is 0 Å². The molecule has 13 nitrogen and oxygen atoms in total. The van der Waals surface area contributed by atoms with Gasteiger partial charge in [-0.1, -0.05) is 107 Å². The van der Waals surface area contributed by atoms with Gasteiger partial charge in [-0.25, -0.2) is 25.2 Å². The van der Waals surface area contributed by atoms with Crippen molar-refractivity contribution in [3.63, 3.8) is 0 Å². The molecule has 8 rings (SSSR count). The second kappa shape index (κ2) is 35.5. The van der Waals surface area contributed by atoms with Crippen molar-refractivity contribution in [1.82, 2.24) is 25.4 Å². The number of hydrogen-bond donors (Lipinski definition) is 0. The SMILES string of the molecule is CC(C)(C)c1c[c-]no1.CC(C)(C)c1c[c-]no1.CC(C)(C)c1c[c-]no1.CC(C)(C)c1cnc(CSC2=CN=[C-]C2)o1.COC(=O)c1cccc(Sc2nc[c-]s2)c1.COc1c[c-]ccc1.[K+].[K+].[K+]. The Labute approximate surface area is 555 Å². The molecule has 70 heavy (non-hydrogen) atoms. The van der Waals surface area contributed by atoms with Crippen LogP contribution in [-0.4, -0.2) is 51.8 Å². The number of methoxy groups -OCH3 is 2. The van der Waals surface area contributed by atoms with Gasteiger partial charge in [0.05, 0.1) is 31.7 Å². The molecule has 0 radical (unpaired) electrons. The minimum atomic E-state index is -0.326. The normalized spacial score (nSPS) is 11.4. The molecule has 19 heteroatoms. The molecule has 6 heterocycles. The van der Waals surface area contributed by atoms with Gasteiger partial charge in [0.2, 0.25) is 5.89 Å². The standard InChI is InChI=1S/C12H15N2OS.C11H8NO2S2.3C7H10NO.C7H7O.3K/c1-12(2,3)10-7-14-11(15-10)8-16-9-4-5-13-6-9;1-14-10(13)8-3-2-4-9(7-8)16-11-12-5-6-15-11;3*1-7(2,3)6-4-5-8-9-6;1-8-7-5-3-2-4-6-7;;;/h6-7H,4,8H2,1-3H3;2-5,7H,1H3;3*4H,1-3H3;2-3,5-6H,1H3;;;/q6*-1;3*+1. The number of oxazole rings is 1. The number of carbonyl (C=O) groups is 1. The fourth-order valence-corrected chi connectivity index (χ4v) is 6.80. The Balaban J connectivity index is 0.000000829. The van der Waals surface area contributed by atoms with Crippen LogP contribution < -0.4 is 159 Å². The number of benzene rings is 2. The van der Waals surface area contributed by atoms with Gasteiger partial charge >= 0.3 is 160 Å². The maximum atomic E-state index is 11.3. The molecule has 5 aromatic heterocycles. The van der Waals surface area contributed by atoms with Crippen LogP contribution in [0.5, 0.6) is 5.75 Å². The predicted molar refractivity (Wildman–Crippen MR) is 263 cm³/mol. The van der Waals surface area contributed by atoms with Crippen LogP contribution in [0.2, 0.25) is 0 Å². The average molecular weight is 1080 g/mol. The Hall–Kier alpha value is -0.801. The van der Waals surface area contributed by atoms with Crippen molar-refractivity contribution in [3.8, 4) is 5.75 Å². The first-order valence-corrected chi connectivity index (χ1v) is 23.6. The molecule has 0 saturated carbocycles. The summed E-state index contributed by atoms with van der Waals surface area (Å²) < 4.78 is 30.8. The van der Waals surface area contributed by atoms with E-state index in [1.165, 1.54) is 35.1 Å². The minimum absolute atomic E-state index is 0. The molecule has 0 amide bonds. The van der Waals surface area contributed by atoms with E-state index in [9.17, 15) is 4.79 Å². The van der Waals surface area contributed by atoms with Crippen LogP contribution >= 0.6 is 34.9 Å². The number of nitrogens with zero attached hydrogens (tertiary/aromatic N) is 6. The number of aliphatic imine (C=N–C) groups is 1. The molecule has 1 aliphatic heterocycles. The molecule has 0 unspecified atom stereocenters. The zero-order chi connectivity index (χ0) is 49.5. The quantitative estimate of drug-likeness (QED) is 0.127. The predicted octanol–water partition coefficient (Wildman–Crippen LogP) is 4.10. The summed E-state index contributed by atoms with van der Waals surface area (Å²) in [5, 5.41) is 13.4. The van der Waals surface area contributed by atoms with E-state index in [-0.39, 0.29) is 182 Å². The van der Waals surface area contributed by atoms with Gasteiger partial charge in [-0.3, -0.25) is 0 Å². The van der Waals surface area contributed by atoms with Crippen molar-refractivity contribution in [2.24, 2.45) is 4.99 Å². The van der Waals surface area contributed by atoms with Crippen LogP contribution in [-0.2, 0) is 32.1 Å². The van der Waals surface area contributed by atoms with E-state index in [0.717, 1.165) is 56.1 Å². The smallest absolute Gasteiger partial charge is 0.554 e. The summed E-state index contributed by atoms with van der Waals surface area (Å²) in [6.45, 7) is 25.0. The first-order chi connectivity index (χ1) is 31.6. The Morgan fingerprint density at radius 2 is 1.29 bits per heavy atom. The summed E-state index contributed by atoms with van der Waals surface area (Å²) in [6, 6.07) is 22.8. The summed E-state index contributed by atoms with van der Waals surface area (Å²) >= 11 is 4.66. The van der Waals surface area contributed by atoms with E-state index >= 15 is 0 Å². The molecule has 0 bridgehead atoms. The van der Waals surface area contributed by atoms with E-state index in [1.807, 2.05) is 42.7 Å². The Morgan fingerprint density at radius 3 is 1.64 bits per heavy atom. The average Bonchev–Trinajstić information content (AvgIpc) is 4.14. The van der Waals surface area contributed by atoms with E-state index in [4.69, 9.17) is 22.7 Å². The van der Waals surface area contributed by atoms with E-state index in [2.05, 4.69) is 155 Å². The Morgan fingerprint density at radius 1 is 0.729 bits per heavy atom. The monoisotopic (exact) mass is 1080 g/mol. The van der Waals surface area contributed by atoms with Gasteiger partial charge < -0.3 is 48.8 Å². The number of thiazole rings is 1. The summed E-state index contributed by atoms with van der Waals surface area (Å²) in [4.78, 5) is 25.8. The van der Waals surface area contributed by atoms with Gasteiger partial charge in [-0.05, 0) is 61.0 Å². The van der Waals surface area contributed by atoms with Crippen LogP contribution in [0.3, 0.4) is 0 Å². The van der Waals surface area contributed by atoms with Crippen molar-refractivity contribution in [3.05, 3.63) is 155 Å². The molecule has 0 atom stereocenters. The molecule has 0 N–H and O–H groups in total. The van der Waals surface area contributed by atoms with E-state index in [0.29, 0.717) is 5.56 Å². The number of carbonyl (C=O) groups excluding carboxylic acids is 1. The van der Waals surface area contributed by atoms with Crippen molar-refractivity contribution in [2.45, 2.75) is 126 Å². The van der Waals surface area contributed by atoms with Gasteiger partial charge in [-0.15, -0.1) is 48.7 Å². The summed E-state index contributed by atoms with van der Waals surface area (Å²) in [5.74, 6) is 5.64. The minimum Gasteiger partial charge on any atom is -0.554 e. The molecular formula is C51H60K3N6O7S3-3. The van der Waals surface area contributed by atoms with Gasteiger partial charge in [-0.2, -0.15) is 59.8 Å². The molecule has 7 aromatic rings. The van der Waals surface area contributed by atoms with Crippen molar-refractivity contribution in [1.29, 1.82) is 0 Å².